The maximum atomic E-state index is 14.2. The molecule has 1 N–H and O–H groups in total. The standard InChI is InChI=1S/C23H28F4O3/c1-5-21(2,19-12-18(24)10-11-20(19)30-4)15-22(28,23(25,26)27)13-16-8-6-7-9-17(16)14-29-3/h6-12,28H,5,13-15H2,1-4H3. The first-order valence-electron chi connectivity index (χ1n) is 9.68. The Morgan fingerprint density at radius 2 is 1.63 bits per heavy atom. The third kappa shape index (κ3) is 5.13. The summed E-state index contributed by atoms with van der Waals surface area (Å²) in [5, 5.41) is 11.0. The number of hydrogen-bond acceptors (Lipinski definition) is 3. The van der Waals surface area contributed by atoms with Crippen LogP contribution in [0.5, 0.6) is 5.75 Å². The molecule has 0 spiro atoms. The van der Waals surface area contributed by atoms with Crippen LogP contribution in [0.3, 0.4) is 0 Å². The average molecular weight is 428 g/mol. The second-order valence-corrected chi connectivity index (χ2v) is 7.84. The highest BCUT2D eigenvalue weighted by atomic mass is 19.4. The number of hydrogen-bond donors (Lipinski definition) is 1. The molecule has 0 aliphatic carbocycles. The Morgan fingerprint density at radius 1 is 1.00 bits per heavy atom. The summed E-state index contributed by atoms with van der Waals surface area (Å²) < 4.78 is 66.8. The minimum Gasteiger partial charge on any atom is -0.496 e. The quantitative estimate of drug-likeness (QED) is 0.531. The lowest BCUT2D eigenvalue weighted by Gasteiger charge is -2.40. The number of methoxy groups -OCH3 is 2. The molecule has 3 nitrogen and oxygen atoms in total. The van der Waals surface area contributed by atoms with E-state index in [0.29, 0.717) is 16.7 Å². The van der Waals surface area contributed by atoms with Gasteiger partial charge in [0.1, 0.15) is 11.6 Å². The zero-order valence-corrected chi connectivity index (χ0v) is 17.6. The highest BCUT2D eigenvalue weighted by Gasteiger charge is 2.56. The topological polar surface area (TPSA) is 38.7 Å². The lowest BCUT2D eigenvalue weighted by atomic mass is 9.69. The second-order valence-electron chi connectivity index (χ2n) is 7.84. The fraction of sp³-hybridized carbons (Fsp3) is 0.478. The van der Waals surface area contributed by atoms with E-state index in [1.54, 1.807) is 38.1 Å². The summed E-state index contributed by atoms with van der Waals surface area (Å²) in [6.07, 6.45) is -5.94. The van der Waals surface area contributed by atoms with Gasteiger partial charge < -0.3 is 14.6 Å². The summed E-state index contributed by atoms with van der Waals surface area (Å²) in [5.41, 5.74) is -3.00. The van der Waals surface area contributed by atoms with Crippen molar-refractivity contribution in [3.8, 4) is 5.75 Å². The van der Waals surface area contributed by atoms with Crippen molar-refractivity contribution >= 4 is 0 Å². The number of rotatable bonds is 9. The minimum absolute atomic E-state index is 0.132. The number of alkyl halides is 3. The Balaban J connectivity index is 2.53. The molecule has 0 heterocycles. The van der Waals surface area contributed by atoms with Gasteiger partial charge in [-0.15, -0.1) is 0 Å². The van der Waals surface area contributed by atoms with Crippen molar-refractivity contribution in [2.24, 2.45) is 0 Å². The molecular weight excluding hydrogens is 400 g/mol. The van der Waals surface area contributed by atoms with Crippen LogP contribution in [-0.4, -0.2) is 31.1 Å². The number of halogens is 4. The molecule has 0 saturated carbocycles. The molecule has 2 aromatic rings. The molecule has 0 saturated heterocycles. The molecule has 2 rings (SSSR count). The van der Waals surface area contributed by atoms with Crippen molar-refractivity contribution in [1.29, 1.82) is 0 Å². The molecule has 0 radical (unpaired) electrons. The predicted molar refractivity (Wildman–Crippen MR) is 107 cm³/mol. The van der Waals surface area contributed by atoms with Crippen LogP contribution >= 0.6 is 0 Å². The average Bonchev–Trinajstić information content (AvgIpc) is 2.68. The summed E-state index contributed by atoms with van der Waals surface area (Å²) in [7, 11) is 2.83. The summed E-state index contributed by atoms with van der Waals surface area (Å²) in [5.74, 6) is -0.295. The normalized spacial score (nSPS) is 16.0. The molecule has 166 valence electrons. The van der Waals surface area contributed by atoms with E-state index < -0.39 is 35.9 Å². The lowest BCUT2D eigenvalue weighted by Crippen LogP contribution is -2.51. The molecule has 0 amide bonds. The SMILES string of the molecule is CCC(C)(CC(O)(Cc1ccccc1COC)C(F)(F)F)c1cc(F)ccc1OC. The second kappa shape index (κ2) is 9.35. The van der Waals surface area contributed by atoms with Gasteiger partial charge in [-0.05, 0) is 47.6 Å². The monoisotopic (exact) mass is 428 g/mol. The summed E-state index contributed by atoms with van der Waals surface area (Å²) in [6.45, 7) is 3.43. The van der Waals surface area contributed by atoms with Crippen molar-refractivity contribution in [2.45, 2.75) is 56.9 Å². The van der Waals surface area contributed by atoms with Gasteiger partial charge in [-0.3, -0.25) is 0 Å². The Bertz CT molecular complexity index is 853. The third-order valence-corrected chi connectivity index (χ3v) is 5.70. The minimum atomic E-state index is -4.90. The van der Waals surface area contributed by atoms with Crippen LogP contribution in [0.15, 0.2) is 42.5 Å². The van der Waals surface area contributed by atoms with Crippen molar-refractivity contribution in [3.05, 3.63) is 65.0 Å². The van der Waals surface area contributed by atoms with Gasteiger partial charge in [-0.1, -0.05) is 38.1 Å². The molecule has 30 heavy (non-hydrogen) atoms. The molecule has 0 fully saturated rings. The van der Waals surface area contributed by atoms with Crippen molar-refractivity contribution in [3.63, 3.8) is 0 Å². The molecular formula is C23H28F4O3. The van der Waals surface area contributed by atoms with Gasteiger partial charge in [0.05, 0.1) is 13.7 Å². The van der Waals surface area contributed by atoms with Crippen LogP contribution in [0.4, 0.5) is 17.6 Å². The molecule has 0 aliphatic heterocycles. The summed E-state index contributed by atoms with van der Waals surface area (Å²) >= 11 is 0. The zero-order valence-electron chi connectivity index (χ0n) is 17.6. The van der Waals surface area contributed by atoms with E-state index in [2.05, 4.69) is 0 Å². The van der Waals surface area contributed by atoms with Crippen LogP contribution in [0.2, 0.25) is 0 Å². The van der Waals surface area contributed by atoms with Gasteiger partial charge in [0.2, 0.25) is 0 Å². The lowest BCUT2D eigenvalue weighted by molar-refractivity contribution is -0.267. The highest BCUT2D eigenvalue weighted by Crippen LogP contribution is 2.47. The largest absolute Gasteiger partial charge is 0.496 e. The van der Waals surface area contributed by atoms with E-state index in [4.69, 9.17) is 9.47 Å². The molecule has 2 unspecified atom stereocenters. The van der Waals surface area contributed by atoms with Crippen LogP contribution in [0.25, 0.3) is 0 Å². The molecule has 7 heteroatoms. The van der Waals surface area contributed by atoms with Gasteiger partial charge in [0.15, 0.2) is 5.60 Å². The maximum Gasteiger partial charge on any atom is 0.417 e. The Hall–Kier alpha value is -2.12. The van der Waals surface area contributed by atoms with Crippen molar-refractivity contribution in [1.82, 2.24) is 0 Å². The predicted octanol–water partition coefficient (Wildman–Crippen LogP) is 5.57. The van der Waals surface area contributed by atoms with Crippen LogP contribution in [0, 0.1) is 5.82 Å². The van der Waals surface area contributed by atoms with Gasteiger partial charge in [-0.2, -0.15) is 13.2 Å². The highest BCUT2D eigenvalue weighted by molar-refractivity contribution is 5.40. The molecule has 2 aromatic carbocycles. The van der Waals surface area contributed by atoms with E-state index in [1.807, 2.05) is 0 Å². The van der Waals surface area contributed by atoms with E-state index in [0.717, 1.165) is 0 Å². The Kier molecular flexibility index (Phi) is 7.53. The fourth-order valence-corrected chi connectivity index (χ4v) is 3.81. The summed E-state index contributed by atoms with van der Waals surface area (Å²) in [4.78, 5) is 0. The van der Waals surface area contributed by atoms with Crippen LogP contribution in [-0.2, 0) is 23.2 Å². The maximum absolute atomic E-state index is 14.2. The zero-order chi connectivity index (χ0) is 22.6. The van der Waals surface area contributed by atoms with Crippen molar-refractivity contribution in [2.75, 3.05) is 14.2 Å². The van der Waals surface area contributed by atoms with Gasteiger partial charge in [0.25, 0.3) is 0 Å². The van der Waals surface area contributed by atoms with Crippen LogP contribution < -0.4 is 4.74 Å². The number of benzene rings is 2. The van der Waals surface area contributed by atoms with Gasteiger partial charge in [0, 0.05) is 19.1 Å². The smallest absolute Gasteiger partial charge is 0.417 e. The first kappa shape index (κ1) is 24.2. The van der Waals surface area contributed by atoms with E-state index in [-0.39, 0.29) is 18.8 Å². The van der Waals surface area contributed by atoms with E-state index in [1.165, 1.54) is 32.4 Å². The van der Waals surface area contributed by atoms with Crippen molar-refractivity contribution < 1.29 is 32.1 Å². The first-order chi connectivity index (χ1) is 14.0. The molecule has 0 aliphatic rings. The van der Waals surface area contributed by atoms with Gasteiger partial charge in [-0.25, -0.2) is 4.39 Å². The summed E-state index contributed by atoms with van der Waals surface area (Å²) in [6, 6.07) is 10.3. The van der Waals surface area contributed by atoms with E-state index >= 15 is 0 Å². The molecule has 2 atom stereocenters. The Labute approximate surface area is 174 Å². The van der Waals surface area contributed by atoms with E-state index in [9.17, 15) is 22.7 Å². The fourth-order valence-electron chi connectivity index (χ4n) is 3.81. The number of aliphatic hydroxyl groups is 1. The molecule has 0 aromatic heterocycles. The van der Waals surface area contributed by atoms with Crippen LogP contribution in [0.1, 0.15) is 43.4 Å². The number of ether oxygens (including phenoxy) is 2. The molecule has 0 bridgehead atoms. The van der Waals surface area contributed by atoms with Gasteiger partial charge >= 0.3 is 6.18 Å². The first-order valence-corrected chi connectivity index (χ1v) is 9.68. The Morgan fingerprint density at radius 3 is 2.17 bits per heavy atom. The third-order valence-electron chi connectivity index (χ3n) is 5.70.